The molecule has 0 aliphatic carbocycles. The van der Waals surface area contributed by atoms with Gasteiger partial charge in [0.25, 0.3) is 0 Å². The van der Waals surface area contributed by atoms with E-state index in [-0.39, 0.29) is 101 Å². The fourth-order valence-electron chi connectivity index (χ4n) is 5.03. The number of carboxylic acid groups (broad SMARTS) is 3. The summed E-state index contributed by atoms with van der Waals surface area (Å²) in [5.41, 5.74) is -1.97. The normalized spacial score (nSPS) is 33.4. The Balaban J connectivity index is 0. The summed E-state index contributed by atoms with van der Waals surface area (Å²) in [6.07, 6.45) is -23.5. The van der Waals surface area contributed by atoms with Gasteiger partial charge in [-0.3, -0.25) is 0 Å². The summed E-state index contributed by atoms with van der Waals surface area (Å²) in [6.45, 7) is 9.21. The van der Waals surface area contributed by atoms with Crippen LogP contribution < -0.4 is 104 Å². The molecular formula is C26H37Na3O17. The minimum Gasteiger partial charge on any atom is -0.547 e. The number of hydrogen-bond acceptors (Lipinski definition) is 17. The maximum absolute atomic E-state index is 12.0. The van der Waals surface area contributed by atoms with Gasteiger partial charge in [-0.2, -0.15) is 0 Å². The van der Waals surface area contributed by atoms with E-state index in [1.165, 1.54) is 20.8 Å². The van der Waals surface area contributed by atoms with Gasteiger partial charge in [-0.1, -0.05) is 20.8 Å². The molecule has 0 aromatic rings. The third-order valence-electron chi connectivity index (χ3n) is 6.96. The third-order valence-corrected chi connectivity index (χ3v) is 6.96. The predicted molar refractivity (Wildman–Crippen MR) is 129 cm³/mol. The van der Waals surface area contributed by atoms with E-state index < -0.39 is 108 Å². The van der Waals surface area contributed by atoms with Crippen molar-refractivity contribution in [2.24, 2.45) is 17.3 Å². The van der Waals surface area contributed by atoms with Crippen molar-refractivity contribution in [3.05, 3.63) is 0 Å². The fourth-order valence-corrected chi connectivity index (χ4v) is 5.03. The molecule has 2 aliphatic rings. The number of carbonyl (C=O) groups is 5. The summed E-state index contributed by atoms with van der Waals surface area (Å²) in [6, 6.07) is 0. The number of aliphatic hydroxyl groups is 4. The van der Waals surface area contributed by atoms with Crippen molar-refractivity contribution in [2.45, 2.75) is 115 Å². The Kier molecular flexibility index (Phi) is 20.8. The van der Waals surface area contributed by atoms with Gasteiger partial charge >= 0.3 is 88.7 Å². The Hall–Kier alpha value is 0.390. The molecule has 2 aliphatic heterocycles. The van der Waals surface area contributed by atoms with E-state index in [0.717, 1.165) is 0 Å². The summed E-state index contributed by atoms with van der Waals surface area (Å²) < 4.78 is 26.2. The van der Waals surface area contributed by atoms with E-state index in [1.807, 2.05) is 0 Å². The number of rotatable bonds is 12. The summed E-state index contributed by atoms with van der Waals surface area (Å²) in [5, 5.41) is 78.1. The second-order valence-electron chi connectivity index (χ2n) is 12.4. The van der Waals surface area contributed by atoms with Crippen LogP contribution in [0.25, 0.3) is 0 Å². The first-order chi connectivity index (χ1) is 19.7. The van der Waals surface area contributed by atoms with Crippen LogP contribution in [-0.2, 0) is 47.7 Å². The van der Waals surface area contributed by atoms with Crippen molar-refractivity contribution in [2.75, 3.05) is 0 Å². The quantitative estimate of drug-likeness (QED) is 0.109. The summed E-state index contributed by atoms with van der Waals surface area (Å²) in [5.74, 6) is -9.31. The summed E-state index contributed by atoms with van der Waals surface area (Å²) >= 11 is 0. The smallest absolute Gasteiger partial charge is 0.547 e. The molecular weight excluding hydrogens is 653 g/mol. The molecule has 2 rings (SSSR count). The number of carbonyl (C=O) groups excluding carboxylic acids is 5. The van der Waals surface area contributed by atoms with Crippen LogP contribution in [0.1, 0.15) is 41.5 Å². The zero-order valence-electron chi connectivity index (χ0n) is 27.3. The molecule has 4 N–H and O–H groups in total. The van der Waals surface area contributed by atoms with Gasteiger partial charge in [0, 0.05) is 5.92 Å². The van der Waals surface area contributed by atoms with Crippen LogP contribution in [0.2, 0.25) is 0 Å². The monoisotopic (exact) mass is 690 g/mol. The molecule has 20 heteroatoms. The zero-order chi connectivity index (χ0) is 33.2. The average molecular weight is 691 g/mol. The molecule has 2 heterocycles. The molecule has 2 fully saturated rings. The largest absolute Gasteiger partial charge is 1.00 e. The van der Waals surface area contributed by atoms with Gasteiger partial charge in [0.15, 0.2) is 18.9 Å². The Morgan fingerprint density at radius 1 is 0.739 bits per heavy atom. The van der Waals surface area contributed by atoms with Gasteiger partial charge in [-0.25, -0.2) is 0 Å². The van der Waals surface area contributed by atoms with E-state index in [9.17, 15) is 59.7 Å². The number of aliphatic hydroxyl groups excluding tert-OH is 4. The minimum atomic E-state index is -2.59. The van der Waals surface area contributed by atoms with Crippen LogP contribution in [0.5, 0.6) is 0 Å². The molecule has 2 saturated heterocycles. The Morgan fingerprint density at radius 3 is 1.61 bits per heavy atom. The van der Waals surface area contributed by atoms with E-state index in [4.69, 9.17) is 23.7 Å². The first-order valence-electron chi connectivity index (χ1n) is 13.2. The molecule has 0 aromatic heterocycles. The number of hydrogen-bond donors (Lipinski definition) is 4. The van der Waals surface area contributed by atoms with E-state index in [1.54, 1.807) is 20.8 Å². The second kappa shape index (κ2) is 19.7. The van der Waals surface area contributed by atoms with Crippen molar-refractivity contribution in [1.82, 2.24) is 0 Å². The van der Waals surface area contributed by atoms with E-state index >= 15 is 0 Å². The number of carboxylic acids is 3. The second-order valence-corrected chi connectivity index (χ2v) is 12.4. The van der Waals surface area contributed by atoms with E-state index in [2.05, 4.69) is 0 Å². The van der Waals surface area contributed by atoms with Crippen molar-refractivity contribution in [3.8, 4) is 0 Å². The van der Waals surface area contributed by atoms with Gasteiger partial charge < -0.3 is 83.4 Å². The fraction of sp³-hybridized carbons (Fsp3) is 0.808. The van der Waals surface area contributed by atoms with Crippen molar-refractivity contribution >= 4 is 30.5 Å². The summed E-state index contributed by atoms with van der Waals surface area (Å²) in [4.78, 5) is 59.6. The molecule has 0 radical (unpaired) electrons. The Bertz CT molecular complexity index is 1030. The van der Waals surface area contributed by atoms with Crippen LogP contribution in [0.15, 0.2) is 0 Å². The van der Waals surface area contributed by atoms with Crippen molar-refractivity contribution in [1.29, 1.82) is 0 Å². The molecule has 0 amide bonds. The molecule has 7 unspecified atom stereocenters. The van der Waals surface area contributed by atoms with Crippen molar-refractivity contribution < 1.29 is 172 Å². The van der Waals surface area contributed by atoms with Crippen LogP contribution in [0.4, 0.5) is 0 Å². The van der Waals surface area contributed by atoms with Crippen LogP contribution in [0, 0.1) is 17.3 Å². The van der Waals surface area contributed by atoms with Gasteiger partial charge in [0.2, 0.25) is 0 Å². The Labute approximate surface area is 331 Å². The topological polar surface area (TPSA) is 282 Å². The number of aliphatic carboxylic acids is 3. The first kappa shape index (κ1) is 48.5. The molecule has 0 aromatic carbocycles. The molecule has 0 saturated carbocycles. The maximum atomic E-state index is 12.0. The maximum Gasteiger partial charge on any atom is 1.00 e. The van der Waals surface area contributed by atoms with E-state index in [0.29, 0.717) is 0 Å². The molecule has 246 valence electrons. The number of aldehydes is 2. The van der Waals surface area contributed by atoms with Crippen molar-refractivity contribution in [3.63, 3.8) is 0 Å². The van der Waals surface area contributed by atoms with Gasteiger partial charge in [-0.05, 0) is 26.2 Å². The summed E-state index contributed by atoms with van der Waals surface area (Å²) in [7, 11) is 0. The molecule has 0 spiro atoms. The SMILES string of the molecule is CC(C)(C)O[C@@H]1OC(C(=O)[O-])[C@H](C(C=O)OC(C(=O)[O-])C(C=O)O[C@@H]2OC(C(=O)[O-])[C@H](C(C)(C)C)[C@@H](O)C2O)[C@@H](O)C1O.[Na+].[Na+].[Na+]. The van der Waals surface area contributed by atoms with Gasteiger partial charge in [0.05, 0.1) is 41.6 Å². The average Bonchev–Trinajstić information content (AvgIpc) is 2.87. The molecule has 0 bridgehead atoms. The molecule has 46 heavy (non-hydrogen) atoms. The minimum absolute atomic E-state index is 0. The third kappa shape index (κ3) is 12.0. The molecule has 17 nitrogen and oxygen atoms in total. The predicted octanol–water partition coefficient (Wildman–Crippen LogP) is -15.2. The van der Waals surface area contributed by atoms with Gasteiger partial charge in [0.1, 0.15) is 49.0 Å². The number of ether oxygens (including phenoxy) is 5. The molecule has 13 atom stereocenters. The van der Waals surface area contributed by atoms with Crippen LogP contribution in [-0.4, -0.2) is 124 Å². The van der Waals surface area contributed by atoms with Crippen LogP contribution in [0.3, 0.4) is 0 Å². The zero-order valence-corrected chi connectivity index (χ0v) is 33.3. The Morgan fingerprint density at radius 2 is 1.22 bits per heavy atom. The van der Waals surface area contributed by atoms with Gasteiger partial charge in [-0.15, -0.1) is 0 Å². The standard InChI is InChI=1S/C26H40O17.3Na/c1-25(2,3)12-14(30)16(32)23(42-19(12)22(37)38)40-10(8-28)17(20(33)34)39-9(7-27)11-13(29)15(31)24(43-26(4,5)6)41-18(11)21(35)36;;;/h7-19,23-24,29-32H,1-6H3,(H,33,34)(H,35,36)(H,37,38);;;/q;3*+1/p-3/t9?,10?,11-,12-,13-,14-,15?,16?,17?,18?,19?,23-,24+;;;/m1.../s1. The first-order valence-corrected chi connectivity index (χ1v) is 13.2. The van der Waals surface area contributed by atoms with Crippen LogP contribution >= 0.6 is 0 Å².